The standard InChI is InChI=1S/C14H21FN2O2/c1-3-4-10(2)8-19-9-11-5-6-12(15)7-13(11)14(16)17-18/h5-7,10,18H,3-4,8-9H2,1-2H3,(H2,16,17). The van der Waals surface area contributed by atoms with Crippen molar-refractivity contribution < 1.29 is 14.3 Å². The van der Waals surface area contributed by atoms with Gasteiger partial charge in [0.25, 0.3) is 0 Å². The van der Waals surface area contributed by atoms with Crippen LogP contribution in [0.1, 0.15) is 37.8 Å². The van der Waals surface area contributed by atoms with Gasteiger partial charge in [0.2, 0.25) is 0 Å². The molecular weight excluding hydrogens is 247 g/mol. The second kappa shape index (κ2) is 7.74. The fourth-order valence-corrected chi connectivity index (χ4v) is 1.91. The normalized spacial score (nSPS) is 13.5. The zero-order valence-electron chi connectivity index (χ0n) is 11.4. The lowest BCUT2D eigenvalue weighted by Gasteiger charge is -2.13. The molecule has 3 N–H and O–H groups in total. The molecule has 0 bridgehead atoms. The van der Waals surface area contributed by atoms with Crippen molar-refractivity contribution in [3.05, 3.63) is 35.1 Å². The van der Waals surface area contributed by atoms with Gasteiger partial charge in [-0.2, -0.15) is 0 Å². The average Bonchev–Trinajstić information content (AvgIpc) is 2.39. The zero-order chi connectivity index (χ0) is 14.3. The van der Waals surface area contributed by atoms with E-state index in [1.165, 1.54) is 12.1 Å². The molecule has 0 aliphatic heterocycles. The highest BCUT2D eigenvalue weighted by Gasteiger charge is 2.09. The maximum atomic E-state index is 13.2. The number of oxime groups is 1. The van der Waals surface area contributed by atoms with E-state index in [0.29, 0.717) is 30.3 Å². The molecule has 106 valence electrons. The predicted octanol–water partition coefficient (Wildman–Crippen LogP) is 2.87. The highest BCUT2D eigenvalue weighted by Crippen LogP contribution is 2.14. The number of hydrogen-bond donors (Lipinski definition) is 2. The molecule has 0 aliphatic carbocycles. The van der Waals surface area contributed by atoms with Crippen molar-refractivity contribution in [3.8, 4) is 0 Å². The summed E-state index contributed by atoms with van der Waals surface area (Å²) in [6.07, 6.45) is 2.23. The van der Waals surface area contributed by atoms with Gasteiger partial charge < -0.3 is 15.7 Å². The SMILES string of the molecule is CCCC(C)COCc1ccc(F)cc1/C(N)=N/O. The Morgan fingerprint density at radius 1 is 1.53 bits per heavy atom. The first-order valence-corrected chi connectivity index (χ1v) is 6.42. The second-order valence-electron chi connectivity index (χ2n) is 4.70. The molecule has 1 aromatic rings. The summed E-state index contributed by atoms with van der Waals surface area (Å²) in [7, 11) is 0. The van der Waals surface area contributed by atoms with Gasteiger partial charge >= 0.3 is 0 Å². The van der Waals surface area contributed by atoms with E-state index in [0.717, 1.165) is 12.8 Å². The summed E-state index contributed by atoms with van der Waals surface area (Å²) in [5, 5.41) is 11.6. The summed E-state index contributed by atoms with van der Waals surface area (Å²) in [5.74, 6) is -0.0536. The van der Waals surface area contributed by atoms with Gasteiger partial charge in [-0.05, 0) is 30.0 Å². The van der Waals surface area contributed by atoms with E-state index in [1.54, 1.807) is 6.07 Å². The number of benzene rings is 1. The number of halogens is 1. The Morgan fingerprint density at radius 3 is 2.89 bits per heavy atom. The van der Waals surface area contributed by atoms with Crippen LogP contribution in [0.5, 0.6) is 0 Å². The van der Waals surface area contributed by atoms with Crippen molar-refractivity contribution in [2.45, 2.75) is 33.3 Å². The largest absolute Gasteiger partial charge is 0.409 e. The topological polar surface area (TPSA) is 67.8 Å². The van der Waals surface area contributed by atoms with E-state index in [2.05, 4.69) is 19.0 Å². The predicted molar refractivity (Wildman–Crippen MR) is 72.6 cm³/mol. The molecule has 0 heterocycles. The number of rotatable bonds is 7. The lowest BCUT2D eigenvalue weighted by Crippen LogP contribution is -2.17. The van der Waals surface area contributed by atoms with Crippen molar-refractivity contribution in [1.82, 2.24) is 0 Å². The van der Waals surface area contributed by atoms with Crippen LogP contribution in [-0.4, -0.2) is 17.6 Å². The molecule has 4 nitrogen and oxygen atoms in total. The van der Waals surface area contributed by atoms with E-state index in [-0.39, 0.29) is 5.84 Å². The summed E-state index contributed by atoms with van der Waals surface area (Å²) >= 11 is 0. The zero-order valence-corrected chi connectivity index (χ0v) is 11.4. The van der Waals surface area contributed by atoms with Crippen LogP contribution >= 0.6 is 0 Å². The first kappa shape index (κ1) is 15.4. The third-order valence-electron chi connectivity index (χ3n) is 2.90. The minimum Gasteiger partial charge on any atom is -0.409 e. The Morgan fingerprint density at radius 2 is 2.26 bits per heavy atom. The van der Waals surface area contributed by atoms with E-state index in [1.807, 2.05) is 0 Å². The molecule has 19 heavy (non-hydrogen) atoms. The van der Waals surface area contributed by atoms with E-state index in [4.69, 9.17) is 15.7 Å². The van der Waals surface area contributed by atoms with Crippen LogP contribution in [0.4, 0.5) is 4.39 Å². The lowest BCUT2D eigenvalue weighted by molar-refractivity contribution is 0.0892. The number of ether oxygens (including phenoxy) is 1. The van der Waals surface area contributed by atoms with Gasteiger partial charge in [-0.3, -0.25) is 0 Å². The Labute approximate surface area is 113 Å². The molecular formula is C14H21FN2O2. The molecule has 0 radical (unpaired) electrons. The van der Waals surface area contributed by atoms with Gasteiger partial charge in [0.1, 0.15) is 5.82 Å². The van der Waals surface area contributed by atoms with E-state index >= 15 is 0 Å². The minimum absolute atomic E-state index is 0.111. The highest BCUT2D eigenvalue weighted by molar-refractivity contribution is 5.98. The van der Waals surface area contributed by atoms with Gasteiger partial charge in [0, 0.05) is 12.2 Å². The Hall–Kier alpha value is -1.62. The van der Waals surface area contributed by atoms with Crippen molar-refractivity contribution in [2.75, 3.05) is 6.61 Å². The number of nitrogens with two attached hydrogens (primary N) is 1. The molecule has 0 spiro atoms. The molecule has 0 aromatic heterocycles. The monoisotopic (exact) mass is 268 g/mol. The quantitative estimate of drug-likeness (QED) is 0.346. The van der Waals surface area contributed by atoms with Crippen molar-refractivity contribution >= 4 is 5.84 Å². The number of amidine groups is 1. The molecule has 1 aromatic carbocycles. The van der Waals surface area contributed by atoms with Crippen molar-refractivity contribution in [1.29, 1.82) is 0 Å². The lowest BCUT2D eigenvalue weighted by atomic mass is 10.1. The minimum atomic E-state index is -0.426. The second-order valence-corrected chi connectivity index (χ2v) is 4.70. The van der Waals surface area contributed by atoms with Gasteiger partial charge in [-0.1, -0.05) is 31.5 Å². The van der Waals surface area contributed by atoms with Crippen LogP contribution < -0.4 is 5.73 Å². The fourth-order valence-electron chi connectivity index (χ4n) is 1.91. The van der Waals surface area contributed by atoms with E-state index in [9.17, 15) is 4.39 Å². The molecule has 1 unspecified atom stereocenters. The highest BCUT2D eigenvalue weighted by atomic mass is 19.1. The molecule has 0 aliphatic rings. The van der Waals surface area contributed by atoms with Gasteiger partial charge in [0.15, 0.2) is 5.84 Å². The van der Waals surface area contributed by atoms with Crippen LogP contribution in [0, 0.1) is 11.7 Å². The first-order chi connectivity index (χ1) is 9.08. The summed E-state index contributed by atoms with van der Waals surface area (Å²) in [6.45, 7) is 5.21. The summed E-state index contributed by atoms with van der Waals surface area (Å²) < 4.78 is 18.8. The maximum Gasteiger partial charge on any atom is 0.170 e. The molecule has 5 heteroatoms. The van der Waals surface area contributed by atoms with Crippen LogP contribution in [0.15, 0.2) is 23.4 Å². The third-order valence-corrected chi connectivity index (χ3v) is 2.90. The molecule has 0 amide bonds. The number of nitrogens with zero attached hydrogens (tertiary/aromatic N) is 1. The summed E-state index contributed by atoms with van der Waals surface area (Å²) in [4.78, 5) is 0. The van der Waals surface area contributed by atoms with Crippen LogP contribution in [0.3, 0.4) is 0 Å². The Bertz CT molecular complexity index is 435. The fraction of sp³-hybridized carbons (Fsp3) is 0.500. The third kappa shape index (κ3) is 4.87. The van der Waals surface area contributed by atoms with Crippen molar-refractivity contribution in [2.24, 2.45) is 16.8 Å². The molecule has 0 fully saturated rings. The molecule has 1 atom stereocenters. The van der Waals surface area contributed by atoms with Crippen molar-refractivity contribution in [3.63, 3.8) is 0 Å². The van der Waals surface area contributed by atoms with E-state index < -0.39 is 5.82 Å². The molecule has 0 saturated carbocycles. The number of hydrogen-bond acceptors (Lipinski definition) is 3. The van der Waals surface area contributed by atoms with Crippen LogP contribution in [0.2, 0.25) is 0 Å². The maximum absolute atomic E-state index is 13.2. The summed E-state index contributed by atoms with van der Waals surface area (Å²) in [6, 6.07) is 4.17. The molecule has 0 saturated heterocycles. The summed E-state index contributed by atoms with van der Waals surface area (Å²) in [5.41, 5.74) is 6.60. The Balaban J connectivity index is 2.68. The smallest absolute Gasteiger partial charge is 0.170 e. The van der Waals surface area contributed by atoms with Gasteiger partial charge in [-0.15, -0.1) is 0 Å². The van der Waals surface area contributed by atoms with Gasteiger partial charge in [0.05, 0.1) is 6.61 Å². The van der Waals surface area contributed by atoms with Crippen LogP contribution in [0.25, 0.3) is 0 Å². The first-order valence-electron chi connectivity index (χ1n) is 6.42. The van der Waals surface area contributed by atoms with Gasteiger partial charge in [-0.25, -0.2) is 4.39 Å². The van der Waals surface area contributed by atoms with Crippen LogP contribution in [-0.2, 0) is 11.3 Å². The average molecular weight is 268 g/mol. The Kier molecular flexibility index (Phi) is 6.29. The molecule has 1 rings (SSSR count).